The summed E-state index contributed by atoms with van der Waals surface area (Å²) in [6.45, 7) is 0.971. The van der Waals surface area contributed by atoms with Gasteiger partial charge in [-0.05, 0) is 35.6 Å². The Kier molecular flexibility index (Phi) is 6.57. The SMILES string of the molecule is NS(=O)(=O)CCCCNC(=O)NCCc1ccc2ccccc2c1. The molecule has 0 heterocycles. The molecule has 130 valence electrons. The Morgan fingerprint density at radius 2 is 1.67 bits per heavy atom. The molecule has 4 N–H and O–H groups in total. The van der Waals surface area contributed by atoms with Crippen LogP contribution in [0.1, 0.15) is 18.4 Å². The summed E-state index contributed by atoms with van der Waals surface area (Å²) in [5, 5.41) is 12.8. The molecule has 2 rings (SSSR count). The summed E-state index contributed by atoms with van der Waals surface area (Å²) < 4.78 is 21.5. The first-order valence-electron chi connectivity index (χ1n) is 7.94. The topological polar surface area (TPSA) is 101 Å². The van der Waals surface area contributed by atoms with Crippen molar-refractivity contribution >= 4 is 26.8 Å². The number of benzene rings is 2. The molecule has 0 aliphatic heterocycles. The molecule has 6 nitrogen and oxygen atoms in total. The number of urea groups is 1. The molecule has 2 amide bonds. The summed E-state index contributed by atoms with van der Waals surface area (Å²) in [7, 11) is -3.41. The molecule has 0 aromatic heterocycles. The number of hydrogen-bond acceptors (Lipinski definition) is 3. The number of hydrogen-bond donors (Lipinski definition) is 3. The van der Waals surface area contributed by atoms with Gasteiger partial charge in [-0.2, -0.15) is 0 Å². The van der Waals surface area contributed by atoms with Gasteiger partial charge in [0.25, 0.3) is 0 Å². The maximum absolute atomic E-state index is 11.6. The maximum Gasteiger partial charge on any atom is 0.314 e. The van der Waals surface area contributed by atoms with E-state index in [2.05, 4.69) is 41.0 Å². The molecule has 0 unspecified atom stereocenters. The number of nitrogens with one attached hydrogen (secondary N) is 2. The van der Waals surface area contributed by atoms with Crippen molar-refractivity contribution in [1.29, 1.82) is 0 Å². The second-order valence-corrected chi connectivity index (χ2v) is 7.42. The van der Waals surface area contributed by atoms with Gasteiger partial charge in [-0.1, -0.05) is 42.5 Å². The first kappa shape index (κ1) is 18.2. The van der Waals surface area contributed by atoms with Gasteiger partial charge in [0.05, 0.1) is 5.75 Å². The van der Waals surface area contributed by atoms with Crippen LogP contribution in [0.2, 0.25) is 0 Å². The molecular formula is C17H23N3O3S. The van der Waals surface area contributed by atoms with Crippen LogP contribution in [0.5, 0.6) is 0 Å². The van der Waals surface area contributed by atoms with Crippen LogP contribution < -0.4 is 15.8 Å². The van der Waals surface area contributed by atoms with Gasteiger partial charge < -0.3 is 10.6 Å². The highest BCUT2D eigenvalue weighted by molar-refractivity contribution is 7.89. The van der Waals surface area contributed by atoms with Crippen LogP contribution in [0.25, 0.3) is 10.8 Å². The second-order valence-electron chi connectivity index (χ2n) is 5.69. The first-order valence-corrected chi connectivity index (χ1v) is 9.65. The van der Waals surface area contributed by atoms with Gasteiger partial charge in [0, 0.05) is 13.1 Å². The highest BCUT2D eigenvalue weighted by Gasteiger charge is 2.03. The number of carbonyl (C=O) groups is 1. The van der Waals surface area contributed by atoms with E-state index >= 15 is 0 Å². The molecule has 0 aliphatic rings. The third-order valence-electron chi connectivity index (χ3n) is 3.65. The summed E-state index contributed by atoms with van der Waals surface area (Å²) in [5.41, 5.74) is 1.17. The van der Waals surface area contributed by atoms with Crippen LogP contribution in [-0.2, 0) is 16.4 Å². The van der Waals surface area contributed by atoms with Crippen molar-refractivity contribution in [3.63, 3.8) is 0 Å². The summed E-state index contributed by atoms with van der Waals surface area (Å²) in [6.07, 6.45) is 1.77. The standard InChI is InChI=1S/C17H23N3O3S/c18-24(22,23)12-4-3-10-19-17(21)20-11-9-14-7-8-15-5-1-2-6-16(15)13-14/h1-2,5-8,13H,3-4,9-12H2,(H2,18,22,23)(H2,19,20,21). The van der Waals surface area contributed by atoms with Crippen LogP contribution in [0, 0.1) is 0 Å². The lowest BCUT2D eigenvalue weighted by Gasteiger charge is -2.08. The van der Waals surface area contributed by atoms with Crippen molar-refractivity contribution in [2.45, 2.75) is 19.3 Å². The minimum absolute atomic E-state index is 0.0573. The van der Waals surface area contributed by atoms with Crippen LogP contribution in [0.3, 0.4) is 0 Å². The second kappa shape index (κ2) is 8.65. The van der Waals surface area contributed by atoms with Crippen molar-refractivity contribution < 1.29 is 13.2 Å². The van der Waals surface area contributed by atoms with Crippen LogP contribution >= 0.6 is 0 Å². The molecule has 0 fully saturated rings. The first-order chi connectivity index (χ1) is 11.4. The zero-order valence-electron chi connectivity index (χ0n) is 13.5. The van der Waals surface area contributed by atoms with E-state index in [1.54, 1.807) is 0 Å². The smallest absolute Gasteiger partial charge is 0.314 e. The van der Waals surface area contributed by atoms with Crippen molar-refractivity contribution in [3.05, 3.63) is 48.0 Å². The molecular weight excluding hydrogens is 326 g/mol. The average Bonchev–Trinajstić information content (AvgIpc) is 2.53. The Hall–Kier alpha value is -2.12. The highest BCUT2D eigenvalue weighted by atomic mass is 32.2. The van der Waals surface area contributed by atoms with Crippen LogP contribution in [0.4, 0.5) is 4.79 Å². The van der Waals surface area contributed by atoms with E-state index in [9.17, 15) is 13.2 Å². The van der Waals surface area contributed by atoms with Crippen LogP contribution in [0.15, 0.2) is 42.5 Å². The molecule has 0 radical (unpaired) electrons. The molecule has 0 saturated heterocycles. The summed E-state index contributed by atoms with van der Waals surface area (Å²) in [4.78, 5) is 11.6. The Morgan fingerprint density at radius 3 is 2.42 bits per heavy atom. The average molecular weight is 349 g/mol. The molecule has 0 aliphatic carbocycles. The van der Waals surface area contributed by atoms with E-state index < -0.39 is 10.0 Å². The van der Waals surface area contributed by atoms with Crippen molar-refractivity contribution in [2.75, 3.05) is 18.8 Å². The molecule has 24 heavy (non-hydrogen) atoms. The van der Waals surface area contributed by atoms with Gasteiger partial charge in [-0.25, -0.2) is 18.4 Å². The van der Waals surface area contributed by atoms with E-state index in [0.717, 1.165) is 6.42 Å². The minimum atomic E-state index is -3.41. The summed E-state index contributed by atoms with van der Waals surface area (Å²) in [6, 6.07) is 14.2. The number of carbonyl (C=O) groups excluding carboxylic acids is 1. The Bertz CT molecular complexity index is 791. The van der Waals surface area contributed by atoms with E-state index in [1.807, 2.05) is 12.1 Å². The number of primary sulfonamides is 1. The molecule has 2 aromatic carbocycles. The van der Waals surface area contributed by atoms with Crippen molar-refractivity contribution in [3.8, 4) is 0 Å². The predicted molar refractivity (Wildman–Crippen MR) is 96.3 cm³/mol. The van der Waals surface area contributed by atoms with E-state index in [-0.39, 0.29) is 11.8 Å². The van der Waals surface area contributed by atoms with Gasteiger partial charge in [0.15, 0.2) is 0 Å². The fourth-order valence-electron chi connectivity index (χ4n) is 2.41. The molecule has 0 bridgehead atoms. The normalized spacial score (nSPS) is 11.4. The van der Waals surface area contributed by atoms with E-state index in [4.69, 9.17) is 5.14 Å². The number of fused-ring (bicyclic) bond motifs is 1. The number of unbranched alkanes of at least 4 members (excludes halogenated alkanes) is 1. The van der Waals surface area contributed by atoms with Gasteiger partial charge in [-0.3, -0.25) is 0 Å². The lowest BCUT2D eigenvalue weighted by molar-refractivity contribution is 0.241. The quantitative estimate of drug-likeness (QED) is 0.633. The third kappa shape index (κ3) is 6.55. The van der Waals surface area contributed by atoms with Crippen molar-refractivity contribution in [1.82, 2.24) is 10.6 Å². The summed E-state index contributed by atoms with van der Waals surface area (Å²) >= 11 is 0. The maximum atomic E-state index is 11.6. The lowest BCUT2D eigenvalue weighted by Crippen LogP contribution is -2.37. The molecule has 2 aromatic rings. The van der Waals surface area contributed by atoms with E-state index in [1.165, 1.54) is 16.3 Å². The Morgan fingerprint density at radius 1 is 0.958 bits per heavy atom. The van der Waals surface area contributed by atoms with Gasteiger partial charge in [-0.15, -0.1) is 0 Å². The predicted octanol–water partition coefficient (Wildman–Crippen LogP) is 1.75. The lowest BCUT2D eigenvalue weighted by atomic mass is 10.1. The number of rotatable bonds is 8. The largest absolute Gasteiger partial charge is 0.338 e. The van der Waals surface area contributed by atoms with Crippen LogP contribution in [-0.4, -0.2) is 33.3 Å². The molecule has 0 saturated carbocycles. The molecule has 0 atom stereocenters. The fraction of sp³-hybridized carbons (Fsp3) is 0.353. The minimum Gasteiger partial charge on any atom is -0.338 e. The van der Waals surface area contributed by atoms with Crippen molar-refractivity contribution in [2.24, 2.45) is 5.14 Å². The highest BCUT2D eigenvalue weighted by Crippen LogP contribution is 2.15. The van der Waals surface area contributed by atoms with E-state index in [0.29, 0.717) is 25.9 Å². The zero-order chi connectivity index (χ0) is 17.4. The molecule has 7 heteroatoms. The fourth-order valence-corrected chi connectivity index (χ4v) is 3.01. The zero-order valence-corrected chi connectivity index (χ0v) is 14.3. The third-order valence-corrected chi connectivity index (χ3v) is 4.51. The Labute approximate surface area is 142 Å². The summed E-state index contributed by atoms with van der Waals surface area (Å²) in [5.74, 6) is -0.0573. The Balaban J connectivity index is 1.65. The van der Waals surface area contributed by atoms with Gasteiger partial charge in [0.2, 0.25) is 10.0 Å². The number of sulfonamides is 1. The number of amides is 2. The number of nitrogens with two attached hydrogens (primary N) is 1. The van der Waals surface area contributed by atoms with Gasteiger partial charge >= 0.3 is 6.03 Å². The monoisotopic (exact) mass is 349 g/mol. The van der Waals surface area contributed by atoms with Gasteiger partial charge in [0.1, 0.15) is 0 Å². The molecule has 0 spiro atoms.